The summed E-state index contributed by atoms with van der Waals surface area (Å²) < 4.78 is 24.0. The number of nitrogens with zero attached hydrogens (tertiary/aromatic N) is 24. The number of rotatable bonds is 10. The number of fused-ring (bicyclic) bond motifs is 10. The van der Waals surface area contributed by atoms with E-state index in [0.717, 1.165) is 105 Å². The Morgan fingerprint density at radius 1 is 0.208 bits per heavy atom. The van der Waals surface area contributed by atoms with E-state index in [0.29, 0.717) is 21.0 Å². The molecule has 20 aromatic rings. The molecule has 0 spiro atoms. The number of hydrogen-bond acceptors (Lipinski definition) is 34. The number of aromatic nitrogens is 24. The lowest BCUT2D eigenvalue weighted by molar-refractivity contribution is 0.603. The predicted molar refractivity (Wildman–Crippen MR) is 534 cm³/mol. The molecule has 1 aromatic carbocycles. The van der Waals surface area contributed by atoms with Crippen molar-refractivity contribution < 1.29 is 0 Å². The first kappa shape index (κ1) is 98.7. The molecular weight excluding hydrogens is 1850 g/mol. The smallest absolute Gasteiger partial charge is 0.296 e. The van der Waals surface area contributed by atoms with Crippen molar-refractivity contribution in [3.63, 3.8) is 0 Å². The SMILES string of the molecule is CC(C)n1c(=O)sc2ccccc21.CC(C)n1c(=O)sc2cccnc21.CC(C)n1c(=O)sc2ccncc21.CC(C)n1c(=O)sc2ccnnc21.CC(C)n1c(=O)sc2cnccc21.CC(C)n1c(=O)sc2cncnc21.CC(C)n1c(=O)sc2cnncc21.CC(C)n1c(=O)sc2ncccc21.CC(C)n1c(=O)sc2nccnc21.CC(C)n1c(=O)sc2nnccc21. The van der Waals surface area contributed by atoms with Crippen LogP contribution in [-0.2, 0) is 0 Å². The molecule has 0 bridgehead atoms. The van der Waals surface area contributed by atoms with Gasteiger partial charge in [-0.3, -0.25) is 104 Å². The highest BCUT2D eigenvalue weighted by atomic mass is 32.1. The minimum absolute atomic E-state index is 0.0104. The van der Waals surface area contributed by atoms with E-state index in [2.05, 4.69) is 70.5 Å². The largest absolute Gasteiger partial charge is 0.311 e. The number of benzene rings is 1. The van der Waals surface area contributed by atoms with Crippen LogP contribution in [0, 0.1) is 0 Å². The fourth-order valence-electron chi connectivity index (χ4n) is 13.2. The molecule has 19 aromatic heterocycles. The minimum Gasteiger partial charge on any atom is -0.296 e. The van der Waals surface area contributed by atoms with Crippen LogP contribution in [0.4, 0.5) is 0 Å². The molecule has 0 fully saturated rings. The molecule has 0 saturated heterocycles. The van der Waals surface area contributed by atoms with Gasteiger partial charge in [0.05, 0.1) is 97.0 Å². The minimum atomic E-state index is 0.0104. The van der Waals surface area contributed by atoms with E-state index in [4.69, 9.17) is 0 Å². The van der Waals surface area contributed by atoms with E-state index in [9.17, 15) is 47.9 Å². The van der Waals surface area contributed by atoms with Gasteiger partial charge in [-0.25, -0.2) is 29.9 Å². The van der Waals surface area contributed by atoms with Crippen LogP contribution in [0.5, 0.6) is 0 Å². The molecule has 0 N–H and O–H groups in total. The quantitative estimate of drug-likeness (QED) is 0.123. The number of hydrogen-bond donors (Lipinski definition) is 0. The first-order chi connectivity index (χ1) is 62.0. The summed E-state index contributed by atoms with van der Waals surface area (Å²) in [5, 5.41) is 22.8. The van der Waals surface area contributed by atoms with E-state index in [-0.39, 0.29) is 109 Å². The van der Waals surface area contributed by atoms with Crippen LogP contribution in [0.1, 0.15) is 199 Å². The van der Waals surface area contributed by atoms with Crippen LogP contribution in [0.2, 0.25) is 0 Å². The third-order valence-corrected chi connectivity index (χ3v) is 27.7. The van der Waals surface area contributed by atoms with Crippen LogP contribution >= 0.6 is 113 Å². The normalized spacial score (nSPS) is 11.3. The van der Waals surface area contributed by atoms with E-state index < -0.39 is 0 Å². The van der Waals surface area contributed by atoms with Gasteiger partial charge in [0.25, 0.3) is 0 Å². The lowest BCUT2D eigenvalue weighted by Crippen LogP contribution is -2.15. The molecule has 0 aliphatic rings. The average molecular weight is 1950 g/mol. The summed E-state index contributed by atoms with van der Waals surface area (Å²) in [4.78, 5) is 151. The zero-order valence-corrected chi connectivity index (χ0v) is 82.8. The first-order valence-electron chi connectivity index (χ1n) is 41.0. The maximum atomic E-state index is 11.6. The lowest BCUT2D eigenvalue weighted by Gasteiger charge is -2.06. The van der Waals surface area contributed by atoms with Crippen molar-refractivity contribution in [1.29, 1.82) is 0 Å². The Kier molecular flexibility index (Phi) is 33.9. The van der Waals surface area contributed by atoms with Gasteiger partial charge in [0.1, 0.15) is 11.2 Å². The van der Waals surface area contributed by atoms with E-state index in [1.807, 2.05) is 216 Å². The molecule has 19 heterocycles. The van der Waals surface area contributed by atoms with Crippen LogP contribution < -0.4 is 48.7 Å². The Bertz CT molecular complexity index is 6370. The monoisotopic (exact) mass is 1940 g/mol. The van der Waals surface area contributed by atoms with E-state index in [1.165, 1.54) is 97.0 Å². The molecule has 0 aliphatic carbocycles. The van der Waals surface area contributed by atoms with Crippen molar-refractivity contribution in [2.45, 2.75) is 199 Å². The Labute approximate surface area is 781 Å². The molecule has 680 valence electrons. The van der Waals surface area contributed by atoms with Crippen molar-refractivity contribution in [1.82, 2.24) is 116 Å². The first-order valence-corrected chi connectivity index (χ1v) is 49.2. The van der Waals surface area contributed by atoms with E-state index >= 15 is 0 Å². The summed E-state index contributed by atoms with van der Waals surface area (Å²) in [6.07, 6.45) is 23.1. The van der Waals surface area contributed by atoms with Gasteiger partial charge in [-0.15, -0.1) is 10.2 Å². The maximum absolute atomic E-state index is 11.6. The molecule has 44 heteroatoms. The summed E-state index contributed by atoms with van der Waals surface area (Å²) in [6, 6.07) is 24.6. The van der Waals surface area contributed by atoms with Crippen LogP contribution in [0.3, 0.4) is 0 Å². The fourth-order valence-corrected chi connectivity index (χ4v) is 22.8. The molecule has 0 saturated carbocycles. The van der Waals surface area contributed by atoms with Crippen LogP contribution in [0.25, 0.3) is 103 Å². The summed E-state index contributed by atoms with van der Waals surface area (Å²) in [5.74, 6) is 0. The Balaban J connectivity index is 0.000000140. The molecule has 34 nitrogen and oxygen atoms in total. The molecular formula is C86H96N24O10S10. The van der Waals surface area contributed by atoms with Gasteiger partial charge in [-0.05, 0) is 199 Å². The Hall–Kier alpha value is -11.9. The molecule has 20 rings (SSSR count). The third kappa shape index (κ3) is 23.1. The third-order valence-electron chi connectivity index (χ3n) is 18.7. The van der Waals surface area contributed by atoms with Crippen molar-refractivity contribution in [3.8, 4) is 0 Å². The summed E-state index contributed by atoms with van der Waals surface area (Å²) in [6.45, 7) is 39.8. The second kappa shape index (κ2) is 44.6. The Morgan fingerprint density at radius 3 is 1.13 bits per heavy atom. The molecule has 130 heavy (non-hydrogen) atoms. The van der Waals surface area contributed by atoms with Crippen molar-refractivity contribution in [3.05, 3.63) is 256 Å². The Morgan fingerprint density at radius 2 is 0.538 bits per heavy atom. The van der Waals surface area contributed by atoms with E-state index in [1.54, 1.807) is 122 Å². The average Bonchev–Trinajstić information content (AvgIpc) is 1.74. The summed E-state index contributed by atoms with van der Waals surface area (Å²) in [5.41, 5.74) is 8.57. The van der Waals surface area contributed by atoms with Gasteiger partial charge in [0.2, 0.25) is 0 Å². The standard InChI is InChI=1S/C10H11NOS.4C9H10N2OS.5C8H9N3OS/c1-7(2)11-8-5-3-4-6-9(8)13-10(11)12;1-6(2)11-7-5-10-4-3-8(7)13-9(11)12;1-6(2)11-7-3-4-10-5-8(7)13-9(11)12;1-6(2)11-8-7(13-9(11)12)4-3-5-10-8;1-6(2)11-7-4-3-5-10-8(7)13-9(11)12;1-5(2)11-7-6(13-8(11)12)3-9-4-10-7;1-5(2)11-6-3-9-10-4-7(6)13-8(11)12;1-5(2)11-6-7(13-8(11)12)10-4-3-9-6;1-5(2)11-7-6(13-8(11)12)3-4-9-10-7;1-5(2)11-6-3-4-9-10-7(6)13-8(11)12/h3-7H,1-2H3;4*3-6H,1-2H3;5*3-5H,1-2H3. The maximum Gasteiger partial charge on any atom is 0.311 e. The van der Waals surface area contributed by atoms with Crippen LogP contribution in [0.15, 0.2) is 208 Å². The van der Waals surface area contributed by atoms with Gasteiger partial charge in [-0.1, -0.05) is 126 Å². The number of thiazole rings is 10. The fraction of sp³-hybridized carbons (Fsp3) is 0.349. The zero-order valence-electron chi connectivity index (χ0n) is 74.7. The highest BCUT2D eigenvalue weighted by molar-refractivity contribution is 7.19. The molecule has 0 amide bonds. The molecule has 0 unspecified atom stereocenters. The van der Waals surface area contributed by atoms with Crippen molar-refractivity contribution in [2.24, 2.45) is 0 Å². The van der Waals surface area contributed by atoms with Gasteiger partial charge in [-0.2, -0.15) is 20.4 Å². The van der Waals surface area contributed by atoms with Gasteiger partial charge < -0.3 is 0 Å². The van der Waals surface area contributed by atoms with Crippen molar-refractivity contribution >= 4 is 216 Å². The number of para-hydroxylation sites is 1. The lowest BCUT2D eigenvalue weighted by atomic mass is 10.3. The number of pyridine rings is 4. The predicted octanol–water partition coefficient (Wildman–Crippen LogP) is 18.0. The van der Waals surface area contributed by atoms with Crippen LogP contribution in [-0.4, -0.2) is 116 Å². The highest BCUT2D eigenvalue weighted by Gasteiger charge is 2.19. The molecule has 0 atom stereocenters. The topological polar surface area (TPSA) is 400 Å². The second-order valence-electron chi connectivity index (χ2n) is 31.2. The summed E-state index contributed by atoms with van der Waals surface area (Å²) in [7, 11) is 0. The highest BCUT2D eigenvalue weighted by Crippen LogP contribution is 2.27. The summed E-state index contributed by atoms with van der Waals surface area (Å²) >= 11 is 12.2. The van der Waals surface area contributed by atoms with Gasteiger partial charge >= 0.3 is 48.7 Å². The zero-order chi connectivity index (χ0) is 94.2. The van der Waals surface area contributed by atoms with Gasteiger partial charge in [0, 0.05) is 110 Å². The molecule has 0 aliphatic heterocycles. The second-order valence-corrected chi connectivity index (χ2v) is 41.0. The molecule has 0 radical (unpaired) electrons. The van der Waals surface area contributed by atoms with Crippen molar-refractivity contribution in [2.75, 3.05) is 0 Å². The van der Waals surface area contributed by atoms with Gasteiger partial charge in [0.15, 0.2) is 32.2 Å².